The number of hydrogen-bond donors (Lipinski definition) is 0. The number of halogens is 1. The molecule has 20 heavy (non-hydrogen) atoms. The number of rotatable bonds is 1. The lowest BCUT2D eigenvalue weighted by Gasteiger charge is -1.97. The van der Waals surface area contributed by atoms with Crippen molar-refractivity contribution in [3.05, 3.63) is 60.3 Å². The quantitative estimate of drug-likeness (QED) is 0.512. The average Bonchev–Trinajstić information content (AvgIpc) is 2.97. The molecule has 4 aromatic rings. The highest BCUT2D eigenvalue weighted by Crippen LogP contribution is 2.31. The van der Waals surface area contributed by atoms with Gasteiger partial charge in [-0.15, -0.1) is 0 Å². The van der Waals surface area contributed by atoms with Crippen molar-refractivity contribution < 1.29 is 17.0 Å². The van der Waals surface area contributed by atoms with Crippen molar-refractivity contribution in [1.29, 1.82) is 0 Å². The number of aromatic nitrogens is 2. The highest BCUT2D eigenvalue weighted by Gasteiger charge is 2.09. The summed E-state index contributed by atoms with van der Waals surface area (Å²) < 4.78 is 2.18. The van der Waals surface area contributed by atoms with E-state index in [1.165, 1.54) is 21.5 Å². The lowest BCUT2D eigenvalue weighted by molar-refractivity contribution is -0.00000374. The predicted molar refractivity (Wildman–Crippen MR) is 80.7 cm³/mol. The lowest BCUT2D eigenvalue weighted by atomic mass is 10.1. The fourth-order valence-electron chi connectivity index (χ4n) is 2.31. The van der Waals surface area contributed by atoms with E-state index in [-0.39, 0.29) is 17.0 Å². The van der Waals surface area contributed by atoms with Gasteiger partial charge in [0, 0.05) is 6.20 Å². The number of fused-ring (bicyclic) bond motifs is 3. The Labute approximate surface area is 131 Å². The van der Waals surface area contributed by atoms with E-state index in [0.717, 1.165) is 10.5 Å². The highest BCUT2D eigenvalue weighted by molar-refractivity contribution is 7.20. The van der Waals surface area contributed by atoms with Crippen LogP contribution in [0.5, 0.6) is 0 Å². The van der Waals surface area contributed by atoms with E-state index >= 15 is 0 Å². The van der Waals surface area contributed by atoms with Crippen molar-refractivity contribution in [2.75, 3.05) is 0 Å². The molecular weight excluding hydrogens is 332 g/mol. The van der Waals surface area contributed by atoms with Crippen LogP contribution in [-0.2, 0) is 0 Å². The Morgan fingerprint density at radius 3 is 2.55 bits per heavy atom. The van der Waals surface area contributed by atoms with Crippen molar-refractivity contribution >= 4 is 27.3 Å². The van der Waals surface area contributed by atoms with Gasteiger partial charge in [0.25, 0.3) is 0 Å². The molecule has 0 saturated heterocycles. The molecule has 0 atom stereocenters. The fourth-order valence-corrected chi connectivity index (χ4v) is 3.31. The van der Waals surface area contributed by atoms with Gasteiger partial charge in [-0.2, -0.15) is 0 Å². The summed E-state index contributed by atoms with van der Waals surface area (Å²) in [5.74, 6) is 0. The minimum Gasteiger partial charge on any atom is -1.00 e. The monoisotopic (exact) mass is 343 g/mol. The molecule has 2 aromatic heterocycles. The molecule has 0 bridgehead atoms. The average molecular weight is 344 g/mol. The fraction of sp³-hybridized carbons (Fsp3) is 0.0625. The summed E-state index contributed by atoms with van der Waals surface area (Å²) in [6.45, 7) is 2.11. The third-order valence-electron chi connectivity index (χ3n) is 3.35. The molecule has 0 saturated carbocycles. The largest absolute Gasteiger partial charge is 1.00 e. The maximum atomic E-state index is 4.66. The van der Waals surface area contributed by atoms with Crippen LogP contribution >= 0.6 is 11.3 Å². The lowest BCUT2D eigenvalue weighted by Crippen LogP contribution is -3.00. The number of thiazole rings is 1. The van der Waals surface area contributed by atoms with Crippen LogP contribution in [0.25, 0.3) is 26.4 Å². The van der Waals surface area contributed by atoms with Gasteiger partial charge in [0.2, 0.25) is 0 Å². The van der Waals surface area contributed by atoms with E-state index in [9.17, 15) is 0 Å². The Morgan fingerprint density at radius 2 is 1.75 bits per heavy atom. The van der Waals surface area contributed by atoms with Crippen LogP contribution < -0.4 is 17.0 Å². The van der Waals surface area contributed by atoms with Gasteiger partial charge in [0.1, 0.15) is 0 Å². The molecule has 4 rings (SSSR count). The Bertz CT molecular complexity index is 874. The topological polar surface area (TPSA) is 17.3 Å². The molecule has 100 valence electrons. The van der Waals surface area contributed by atoms with Gasteiger partial charge >= 0.3 is 0 Å². The van der Waals surface area contributed by atoms with Crippen molar-refractivity contribution in [2.45, 2.75) is 6.92 Å². The third kappa shape index (κ3) is 2.05. The van der Waals surface area contributed by atoms with Gasteiger partial charge in [-0.05, 0) is 24.6 Å². The Kier molecular flexibility index (Phi) is 3.36. The maximum absolute atomic E-state index is 4.66. The van der Waals surface area contributed by atoms with Gasteiger partial charge in [0.15, 0.2) is 4.96 Å². The molecule has 0 radical (unpaired) electrons. The van der Waals surface area contributed by atoms with Crippen LogP contribution in [0.2, 0.25) is 0 Å². The van der Waals surface area contributed by atoms with E-state index in [2.05, 4.69) is 65.0 Å². The standard InChI is InChI=1S/C16H12N2S.BrH/c1-11-6-8-12(9-7-11)15-10-18-14-5-3-2-4-13(14)17-16(18)19-15;/h2-10H,1H3;1H/p-1. The van der Waals surface area contributed by atoms with E-state index in [1.807, 2.05) is 6.07 Å². The highest BCUT2D eigenvalue weighted by atomic mass is 79.9. The Hall–Kier alpha value is -1.65. The zero-order valence-electron chi connectivity index (χ0n) is 10.9. The minimum absolute atomic E-state index is 0. The first-order chi connectivity index (χ1) is 9.31. The summed E-state index contributed by atoms with van der Waals surface area (Å²) in [6, 6.07) is 16.9. The van der Waals surface area contributed by atoms with Crippen LogP contribution in [0.3, 0.4) is 0 Å². The summed E-state index contributed by atoms with van der Waals surface area (Å²) >= 11 is 1.73. The van der Waals surface area contributed by atoms with Gasteiger partial charge in [-0.1, -0.05) is 53.3 Å². The Balaban J connectivity index is 0.00000121. The molecule has 2 aromatic carbocycles. The first-order valence-electron chi connectivity index (χ1n) is 6.25. The molecule has 0 aliphatic rings. The van der Waals surface area contributed by atoms with Gasteiger partial charge < -0.3 is 17.0 Å². The molecule has 2 nitrogen and oxygen atoms in total. The first kappa shape index (κ1) is 13.3. The minimum atomic E-state index is 0. The summed E-state index contributed by atoms with van der Waals surface area (Å²) in [4.78, 5) is 6.97. The van der Waals surface area contributed by atoms with Crippen LogP contribution in [0.4, 0.5) is 0 Å². The molecule has 0 fully saturated rings. The van der Waals surface area contributed by atoms with Crippen LogP contribution in [-0.4, -0.2) is 9.38 Å². The van der Waals surface area contributed by atoms with Crippen molar-refractivity contribution in [1.82, 2.24) is 9.38 Å². The Morgan fingerprint density at radius 1 is 1.00 bits per heavy atom. The van der Waals surface area contributed by atoms with E-state index < -0.39 is 0 Å². The third-order valence-corrected chi connectivity index (χ3v) is 4.38. The summed E-state index contributed by atoms with van der Waals surface area (Å²) in [7, 11) is 0. The van der Waals surface area contributed by atoms with Crippen molar-refractivity contribution in [3.63, 3.8) is 0 Å². The van der Waals surface area contributed by atoms with E-state index in [4.69, 9.17) is 0 Å². The van der Waals surface area contributed by atoms with Gasteiger partial charge in [-0.3, -0.25) is 4.40 Å². The number of nitrogens with zero attached hydrogens (tertiary/aromatic N) is 2. The number of aryl methyl sites for hydroxylation is 1. The second kappa shape index (κ2) is 5.04. The number of hydrogen-bond acceptors (Lipinski definition) is 2. The number of benzene rings is 2. The molecule has 0 spiro atoms. The molecule has 0 amide bonds. The van der Waals surface area contributed by atoms with Gasteiger partial charge in [-0.25, -0.2) is 4.98 Å². The number of para-hydroxylation sites is 2. The zero-order chi connectivity index (χ0) is 12.8. The zero-order valence-corrected chi connectivity index (χ0v) is 13.3. The number of imidazole rings is 1. The summed E-state index contributed by atoms with van der Waals surface area (Å²) in [5.41, 5.74) is 4.78. The van der Waals surface area contributed by atoms with Gasteiger partial charge in [0.05, 0.1) is 15.9 Å². The summed E-state index contributed by atoms with van der Waals surface area (Å²) in [6.07, 6.45) is 2.18. The van der Waals surface area contributed by atoms with Crippen molar-refractivity contribution in [3.8, 4) is 10.4 Å². The second-order valence-corrected chi connectivity index (χ2v) is 5.72. The molecule has 4 heteroatoms. The van der Waals surface area contributed by atoms with E-state index in [0.29, 0.717) is 0 Å². The molecule has 0 N–H and O–H groups in total. The van der Waals surface area contributed by atoms with Crippen LogP contribution in [0.15, 0.2) is 54.7 Å². The predicted octanol–water partition coefficient (Wildman–Crippen LogP) is 1.53. The molecule has 2 heterocycles. The molecule has 0 unspecified atom stereocenters. The molecular formula is C16H12BrN2S-. The van der Waals surface area contributed by atoms with Crippen LogP contribution in [0.1, 0.15) is 5.56 Å². The first-order valence-corrected chi connectivity index (χ1v) is 7.06. The maximum Gasteiger partial charge on any atom is 0.195 e. The van der Waals surface area contributed by atoms with E-state index in [1.54, 1.807) is 11.3 Å². The smallest absolute Gasteiger partial charge is 0.195 e. The van der Waals surface area contributed by atoms with Crippen LogP contribution in [0, 0.1) is 6.92 Å². The normalized spacial score (nSPS) is 10.8. The second-order valence-electron chi connectivity index (χ2n) is 4.71. The molecule has 0 aliphatic heterocycles. The van der Waals surface area contributed by atoms with Crippen molar-refractivity contribution in [2.24, 2.45) is 0 Å². The summed E-state index contributed by atoms with van der Waals surface area (Å²) in [5, 5.41) is 0. The molecule has 0 aliphatic carbocycles. The SMILES string of the molecule is Cc1ccc(-c2cn3c(nc4ccccc43)s2)cc1.[Br-].